The summed E-state index contributed by atoms with van der Waals surface area (Å²) in [6.07, 6.45) is 0.745. The summed E-state index contributed by atoms with van der Waals surface area (Å²) in [6, 6.07) is 0.973. The van der Waals surface area contributed by atoms with Crippen LogP contribution >= 0.6 is 0 Å². The van der Waals surface area contributed by atoms with Crippen molar-refractivity contribution in [3.05, 3.63) is 11.8 Å². The van der Waals surface area contributed by atoms with Gasteiger partial charge in [-0.25, -0.2) is 4.98 Å². The summed E-state index contributed by atoms with van der Waals surface area (Å²) in [5.74, 6) is 0.197. The van der Waals surface area contributed by atoms with Gasteiger partial charge in [0.05, 0.1) is 0 Å². The number of rotatable bonds is 3. The van der Waals surface area contributed by atoms with Gasteiger partial charge in [-0.1, -0.05) is 19.3 Å². The van der Waals surface area contributed by atoms with E-state index in [4.69, 9.17) is 0 Å². The van der Waals surface area contributed by atoms with E-state index < -0.39 is 11.9 Å². The monoisotopic (exact) mass is 288 g/mol. The first-order valence-corrected chi connectivity index (χ1v) is 6.75. The molecule has 0 aromatic carbocycles. The molecule has 2 rings (SSSR count). The van der Waals surface area contributed by atoms with Gasteiger partial charge in [0.1, 0.15) is 5.82 Å². The molecular weight excluding hydrogens is 269 g/mol. The van der Waals surface area contributed by atoms with Crippen LogP contribution in [-0.4, -0.2) is 22.6 Å². The summed E-state index contributed by atoms with van der Waals surface area (Å²) < 4.78 is 38.4. The molecule has 112 valence electrons. The Morgan fingerprint density at radius 3 is 2.35 bits per heavy atom. The smallest absolute Gasteiger partial charge is 0.365 e. The van der Waals surface area contributed by atoms with Crippen molar-refractivity contribution in [1.29, 1.82) is 0 Å². The number of anilines is 2. The van der Waals surface area contributed by atoms with Gasteiger partial charge in [0.2, 0.25) is 5.95 Å². The van der Waals surface area contributed by atoms with Crippen molar-refractivity contribution in [2.24, 2.45) is 0 Å². The Bertz CT molecular complexity index is 467. The molecule has 1 aromatic heterocycles. The number of aromatic nitrogens is 2. The molecule has 4 nitrogen and oxygen atoms in total. The van der Waals surface area contributed by atoms with E-state index in [1.165, 1.54) is 13.5 Å². The maximum absolute atomic E-state index is 12.8. The fourth-order valence-corrected chi connectivity index (χ4v) is 2.53. The molecule has 7 heteroatoms. The normalized spacial score (nSPS) is 18.6. The Labute approximate surface area is 116 Å². The molecule has 20 heavy (non-hydrogen) atoms. The molecule has 1 aliphatic rings. The van der Waals surface area contributed by atoms with Crippen molar-refractivity contribution in [2.45, 2.75) is 50.7 Å². The fraction of sp³-hybridized carbons (Fsp3) is 0.692. The second-order valence-electron chi connectivity index (χ2n) is 5.46. The van der Waals surface area contributed by atoms with Gasteiger partial charge in [0.15, 0.2) is 5.69 Å². The second kappa shape index (κ2) is 5.46. The lowest BCUT2D eigenvalue weighted by atomic mass is 9.83. The van der Waals surface area contributed by atoms with Gasteiger partial charge in [0.25, 0.3) is 0 Å². The number of hydrogen-bond donors (Lipinski definition) is 2. The molecule has 0 spiro atoms. The molecule has 1 heterocycles. The van der Waals surface area contributed by atoms with Crippen molar-refractivity contribution in [3.63, 3.8) is 0 Å². The van der Waals surface area contributed by atoms with E-state index in [9.17, 15) is 13.2 Å². The van der Waals surface area contributed by atoms with Gasteiger partial charge in [-0.15, -0.1) is 0 Å². The molecule has 0 radical (unpaired) electrons. The van der Waals surface area contributed by atoms with Crippen LogP contribution in [0.15, 0.2) is 6.07 Å². The minimum absolute atomic E-state index is 0.0262. The second-order valence-corrected chi connectivity index (χ2v) is 5.46. The average molecular weight is 288 g/mol. The van der Waals surface area contributed by atoms with Crippen molar-refractivity contribution in [2.75, 3.05) is 17.7 Å². The number of alkyl halides is 3. The summed E-state index contributed by atoms with van der Waals surface area (Å²) in [6.45, 7) is 2.03. The maximum Gasteiger partial charge on any atom is 0.433 e. The molecule has 0 saturated heterocycles. The van der Waals surface area contributed by atoms with Crippen molar-refractivity contribution >= 4 is 11.8 Å². The summed E-state index contributed by atoms with van der Waals surface area (Å²) in [5.41, 5.74) is -1.13. The zero-order valence-corrected chi connectivity index (χ0v) is 11.6. The molecule has 1 fully saturated rings. The predicted octanol–water partition coefficient (Wildman–Crippen LogP) is 3.67. The van der Waals surface area contributed by atoms with Crippen LogP contribution in [-0.2, 0) is 6.18 Å². The molecular formula is C13H19F3N4. The Morgan fingerprint density at radius 2 is 1.80 bits per heavy atom. The van der Waals surface area contributed by atoms with Crippen molar-refractivity contribution < 1.29 is 13.2 Å². The Morgan fingerprint density at radius 1 is 1.15 bits per heavy atom. The lowest BCUT2D eigenvalue weighted by molar-refractivity contribution is -0.141. The highest BCUT2D eigenvalue weighted by Gasteiger charge is 2.34. The lowest BCUT2D eigenvalue weighted by Crippen LogP contribution is -2.37. The fourth-order valence-electron chi connectivity index (χ4n) is 2.53. The highest BCUT2D eigenvalue weighted by atomic mass is 19.4. The van der Waals surface area contributed by atoms with E-state index in [1.54, 1.807) is 0 Å². The van der Waals surface area contributed by atoms with Crippen LogP contribution in [0.1, 0.15) is 44.7 Å². The molecule has 0 aliphatic heterocycles. The standard InChI is InChI=1S/C13H19F3N4/c1-12(6-4-3-5-7-12)20-10-8-9(13(14,15)16)18-11(17-2)19-10/h8H,3-7H2,1-2H3,(H2,17,18,19,20). The van der Waals surface area contributed by atoms with E-state index in [-0.39, 0.29) is 17.3 Å². The molecule has 2 N–H and O–H groups in total. The average Bonchev–Trinajstić information content (AvgIpc) is 2.37. The minimum atomic E-state index is -4.47. The zero-order chi connectivity index (χ0) is 14.8. The highest BCUT2D eigenvalue weighted by Crippen LogP contribution is 2.33. The van der Waals surface area contributed by atoms with E-state index in [1.807, 2.05) is 6.92 Å². The zero-order valence-electron chi connectivity index (χ0n) is 11.6. The largest absolute Gasteiger partial charge is 0.433 e. The number of halogens is 3. The summed E-state index contributed by atoms with van der Waals surface area (Å²) in [5, 5.41) is 5.72. The Kier molecular flexibility index (Phi) is 4.06. The van der Waals surface area contributed by atoms with Crippen LogP contribution in [0, 0.1) is 0 Å². The van der Waals surface area contributed by atoms with Crippen LogP contribution in [0.4, 0.5) is 24.9 Å². The first-order chi connectivity index (χ1) is 9.32. The van der Waals surface area contributed by atoms with Crippen molar-refractivity contribution in [3.8, 4) is 0 Å². The quantitative estimate of drug-likeness (QED) is 0.891. The van der Waals surface area contributed by atoms with Crippen LogP contribution in [0.25, 0.3) is 0 Å². The molecule has 0 atom stereocenters. The van der Waals surface area contributed by atoms with E-state index >= 15 is 0 Å². The van der Waals surface area contributed by atoms with Gasteiger partial charge >= 0.3 is 6.18 Å². The first-order valence-electron chi connectivity index (χ1n) is 6.75. The summed E-state index contributed by atoms with van der Waals surface area (Å²) in [7, 11) is 1.50. The van der Waals surface area contributed by atoms with Crippen LogP contribution < -0.4 is 10.6 Å². The van der Waals surface area contributed by atoms with E-state index in [2.05, 4.69) is 20.6 Å². The molecule has 1 saturated carbocycles. The summed E-state index contributed by atoms with van der Waals surface area (Å²) >= 11 is 0. The SMILES string of the molecule is CNc1nc(NC2(C)CCCCC2)cc(C(F)(F)F)n1. The lowest BCUT2D eigenvalue weighted by Gasteiger charge is -2.35. The Hall–Kier alpha value is -1.53. The van der Waals surface area contributed by atoms with Crippen molar-refractivity contribution in [1.82, 2.24) is 9.97 Å². The van der Waals surface area contributed by atoms with Crippen LogP contribution in [0.3, 0.4) is 0 Å². The number of nitrogens with one attached hydrogen (secondary N) is 2. The third kappa shape index (κ3) is 3.52. The highest BCUT2D eigenvalue weighted by molar-refractivity contribution is 5.44. The predicted molar refractivity (Wildman–Crippen MR) is 71.7 cm³/mol. The number of hydrogen-bond acceptors (Lipinski definition) is 4. The molecule has 0 amide bonds. The van der Waals surface area contributed by atoms with Gasteiger partial charge in [-0.3, -0.25) is 0 Å². The van der Waals surface area contributed by atoms with E-state index in [0.29, 0.717) is 0 Å². The van der Waals surface area contributed by atoms with E-state index in [0.717, 1.165) is 31.7 Å². The third-order valence-corrected chi connectivity index (χ3v) is 3.63. The first kappa shape index (κ1) is 14.9. The molecule has 0 bridgehead atoms. The third-order valence-electron chi connectivity index (χ3n) is 3.63. The van der Waals surface area contributed by atoms with Gasteiger partial charge < -0.3 is 10.6 Å². The summed E-state index contributed by atoms with van der Waals surface area (Å²) in [4.78, 5) is 7.52. The molecule has 1 aromatic rings. The molecule has 0 unspecified atom stereocenters. The number of nitrogens with zero attached hydrogens (tertiary/aromatic N) is 2. The maximum atomic E-state index is 12.8. The Balaban J connectivity index is 2.26. The minimum Gasteiger partial charge on any atom is -0.365 e. The van der Waals surface area contributed by atoms with Crippen LogP contribution in [0.5, 0.6) is 0 Å². The van der Waals surface area contributed by atoms with Gasteiger partial charge in [-0.2, -0.15) is 18.2 Å². The van der Waals surface area contributed by atoms with Crippen LogP contribution in [0.2, 0.25) is 0 Å². The van der Waals surface area contributed by atoms with Gasteiger partial charge in [0, 0.05) is 18.7 Å². The van der Waals surface area contributed by atoms with Gasteiger partial charge in [-0.05, 0) is 19.8 Å². The topological polar surface area (TPSA) is 49.8 Å². The molecule has 1 aliphatic carbocycles.